The van der Waals surface area contributed by atoms with Crippen LogP contribution in [-0.2, 0) is 6.42 Å². The molecule has 0 radical (unpaired) electrons. The van der Waals surface area contributed by atoms with Gasteiger partial charge in [-0.05, 0) is 26.2 Å². The van der Waals surface area contributed by atoms with E-state index in [0.717, 1.165) is 36.7 Å². The molecule has 3 nitrogen and oxygen atoms in total. The second-order valence-electron chi connectivity index (χ2n) is 4.64. The predicted octanol–water partition coefficient (Wildman–Crippen LogP) is 3.38. The lowest BCUT2D eigenvalue weighted by Crippen LogP contribution is -2.26. The number of anilines is 1. The van der Waals surface area contributed by atoms with E-state index in [1.54, 1.807) is 0 Å². The van der Waals surface area contributed by atoms with Gasteiger partial charge in [-0.1, -0.05) is 31.4 Å². The van der Waals surface area contributed by atoms with Crippen LogP contribution in [0.3, 0.4) is 0 Å². The lowest BCUT2D eigenvalue weighted by Gasteiger charge is -2.21. The molecule has 2 heterocycles. The van der Waals surface area contributed by atoms with E-state index in [2.05, 4.69) is 21.8 Å². The second-order valence-corrected chi connectivity index (χ2v) is 5.00. The van der Waals surface area contributed by atoms with Gasteiger partial charge >= 0.3 is 0 Å². The minimum Gasteiger partial charge on any atom is -0.341 e. The van der Waals surface area contributed by atoms with Crippen molar-refractivity contribution in [1.29, 1.82) is 0 Å². The molecule has 1 aliphatic heterocycles. The van der Waals surface area contributed by atoms with Crippen LogP contribution in [0.25, 0.3) is 0 Å². The van der Waals surface area contributed by atoms with Gasteiger partial charge in [0.05, 0.1) is 5.69 Å². The van der Waals surface area contributed by atoms with Crippen molar-refractivity contribution in [2.75, 3.05) is 18.0 Å². The Morgan fingerprint density at radius 2 is 1.76 bits per heavy atom. The van der Waals surface area contributed by atoms with Crippen molar-refractivity contribution < 1.29 is 0 Å². The summed E-state index contributed by atoms with van der Waals surface area (Å²) in [6.07, 6.45) is 6.01. The standard InChI is InChI=1S/C13H20ClN3/c1-3-11-10(2)12(14)16-13(15-11)17-8-6-4-5-7-9-17/h3-9H2,1-2H3. The second kappa shape index (κ2) is 5.67. The number of halogens is 1. The van der Waals surface area contributed by atoms with Gasteiger partial charge in [0.2, 0.25) is 5.95 Å². The Balaban J connectivity index is 2.27. The molecule has 1 aromatic rings. The third kappa shape index (κ3) is 2.89. The molecule has 1 saturated heterocycles. The Morgan fingerprint density at radius 1 is 1.12 bits per heavy atom. The fourth-order valence-electron chi connectivity index (χ4n) is 2.28. The van der Waals surface area contributed by atoms with E-state index in [1.165, 1.54) is 25.7 Å². The Morgan fingerprint density at radius 3 is 2.35 bits per heavy atom. The molecule has 0 unspecified atom stereocenters. The van der Waals surface area contributed by atoms with Gasteiger partial charge in [-0.15, -0.1) is 0 Å². The van der Waals surface area contributed by atoms with Gasteiger partial charge in [-0.2, -0.15) is 0 Å². The summed E-state index contributed by atoms with van der Waals surface area (Å²) in [5, 5.41) is 0.607. The fourth-order valence-corrected chi connectivity index (χ4v) is 2.46. The number of hydrogen-bond donors (Lipinski definition) is 0. The lowest BCUT2D eigenvalue weighted by atomic mass is 10.2. The van der Waals surface area contributed by atoms with Crippen LogP contribution in [0.5, 0.6) is 0 Å². The van der Waals surface area contributed by atoms with E-state index >= 15 is 0 Å². The summed E-state index contributed by atoms with van der Waals surface area (Å²) in [6.45, 7) is 6.22. The van der Waals surface area contributed by atoms with Crippen molar-refractivity contribution in [3.63, 3.8) is 0 Å². The molecule has 2 rings (SSSR count). The highest BCUT2D eigenvalue weighted by molar-refractivity contribution is 6.30. The summed E-state index contributed by atoms with van der Waals surface area (Å²) in [6, 6.07) is 0. The molecule has 0 bridgehead atoms. The zero-order valence-corrected chi connectivity index (χ0v) is 11.4. The van der Waals surface area contributed by atoms with Crippen LogP contribution < -0.4 is 4.90 Å². The number of rotatable bonds is 2. The Hall–Kier alpha value is -0.830. The van der Waals surface area contributed by atoms with Gasteiger partial charge in [0.25, 0.3) is 0 Å². The Labute approximate surface area is 108 Å². The molecule has 0 amide bonds. The largest absolute Gasteiger partial charge is 0.341 e. The van der Waals surface area contributed by atoms with E-state index in [0.29, 0.717) is 5.15 Å². The van der Waals surface area contributed by atoms with Gasteiger partial charge in [-0.25, -0.2) is 9.97 Å². The molecular formula is C13H20ClN3. The molecular weight excluding hydrogens is 234 g/mol. The van der Waals surface area contributed by atoms with Crippen molar-refractivity contribution in [3.8, 4) is 0 Å². The summed E-state index contributed by atoms with van der Waals surface area (Å²) in [5.41, 5.74) is 2.09. The maximum Gasteiger partial charge on any atom is 0.227 e. The molecule has 94 valence electrons. The first-order valence-electron chi connectivity index (χ1n) is 6.50. The van der Waals surface area contributed by atoms with Gasteiger partial charge in [0, 0.05) is 18.7 Å². The highest BCUT2D eigenvalue weighted by Crippen LogP contribution is 2.22. The van der Waals surface area contributed by atoms with Crippen LogP contribution in [0.15, 0.2) is 0 Å². The zero-order chi connectivity index (χ0) is 12.3. The molecule has 4 heteroatoms. The van der Waals surface area contributed by atoms with E-state index in [4.69, 9.17) is 11.6 Å². The molecule has 0 aliphatic carbocycles. The summed E-state index contributed by atoms with van der Waals surface area (Å²) < 4.78 is 0. The minimum atomic E-state index is 0.607. The molecule has 0 atom stereocenters. The molecule has 0 saturated carbocycles. The highest BCUT2D eigenvalue weighted by Gasteiger charge is 2.15. The third-order valence-corrected chi connectivity index (χ3v) is 3.77. The first kappa shape index (κ1) is 12.6. The number of nitrogens with zero attached hydrogens (tertiary/aromatic N) is 3. The highest BCUT2D eigenvalue weighted by atomic mass is 35.5. The molecule has 0 N–H and O–H groups in total. The lowest BCUT2D eigenvalue weighted by molar-refractivity contribution is 0.726. The third-order valence-electron chi connectivity index (χ3n) is 3.40. The van der Waals surface area contributed by atoms with Crippen LogP contribution in [0.1, 0.15) is 43.9 Å². The topological polar surface area (TPSA) is 29.0 Å². The van der Waals surface area contributed by atoms with Crippen LogP contribution >= 0.6 is 11.6 Å². The number of aryl methyl sites for hydroxylation is 1. The summed E-state index contributed by atoms with van der Waals surface area (Å²) in [5.74, 6) is 0.819. The van der Waals surface area contributed by atoms with E-state index in [1.807, 2.05) is 6.92 Å². The van der Waals surface area contributed by atoms with Crippen LogP contribution in [0.2, 0.25) is 5.15 Å². The van der Waals surface area contributed by atoms with Gasteiger partial charge in [0.15, 0.2) is 0 Å². The van der Waals surface area contributed by atoms with E-state index in [9.17, 15) is 0 Å². The van der Waals surface area contributed by atoms with E-state index < -0.39 is 0 Å². The molecule has 1 aromatic heterocycles. The van der Waals surface area contributed by atoms with Gasteiger partial charge < -0.3 is 4.90 Å². The molecule has 0 aromatic carbocycles. The summed E-state index contributed by atoms with van der Waals surface area (Å²) in [4.78, 5) is 11.3. The average molecular weight is 254 g/mol. The number of aromatic nitrogens is 2. The Bertz CT molecular complexity index is 384. The van der Waals surface area contributed by atoms with Crippen LogP contribution in [0, 0.1) is 6.92 Å². The number of hydrogen-bond acceptors (Lipinski definition) is 3. The first-order chi connectivity index (χ1) is 8.22. The van der Waals surface area contributed by atoms with Crippen molar-refractivity contribution in [2.24, 2.45) is 0 Å². The maximum absolute atomic E-state index is 6.18. The minimum absolute atomic E-state index is 0.607. The molecule has 0 spiro atoms. The average Bonchev–Trinajstić information content (AvgIpc) is 2.61. The zero-order valence-electron chi connectivity index (χ0n) is 10.7. The van der Waals surface area contributed by atoms with Gasteiger partial charge in [-0.3, -0.25) is 0 Å². The first-order valence-corrected chi connectivity index (χ1v) is 6.88. The summed E-state index contributed by atoms with van der Waals surface area (Å²) >= 11 is 6.18. The normalized spacial score (nSPS) is 17.0. The molecule has 1 fully saturated rings. The monoisotopic (exact) mass is 253 g/mol. The fraction of sp³-hybridized carbons (Fsp3) is 0.692. The van der Waals surface area contributed by atoms with Crippen LogP contribution in [0.4, 0.5) is 5.95 Å². The smallest absolute Gasteiger partial charge is 0.227 e. The Kier molecular flexibility index (Phi) is 4.21. The van der Waals surface area contributed by atoms with Crippen molar-refractivity contribution in [2.45, 2.75) is 46.0 Å². The van der Waals surface area contributed by atoms with E-state index in [-0.39, 0.29) is 0 Å². The van der Waals surface area contributed by atoms with Crippen molar-refractivity contribution in [3.05, 3.63) is 16.4 Å². The molecule has 17 heavy (non-hydrogen) atoms. The summed E-state index contributed by atoms with van der Waals surface area (Å²) in [7, 11) is 0. The van der Waals surface area contributed by atoms with Crippen molar-refractivity contribution in [1.82, 2.24) is 9.97 Å². The predicted molar refractivity (Wildman–Crippen MR) is 71.8 cm³/mol. The SMILES string of the molecule is CCc1nc(N2CCCCCC2)nc(Cl)c1C. The quantitative estimate of drug-likeness (QED) is 0.757. The van der Waals surface area contributed by atoms with Crippen molar-refractivity contribution >= 4 is 17.5 Å². The van der Waals surface area contributed by atoms with Gasteiger partial charge in [0.1, 0.15) is 5.15 Å². The maximum atomic E-state index is 6.18. The van der Waals surface area contributed by atoms with Crippen LogP contribution in [-0.4, -0.2) is 23.1 Å². The molecule has 1 aliphatic rings.